The van der Waals surface area contributed by atoms with E-state index in [0.29, 0.717) is 6.92 Å². The van der Waals surface area contributed by atoms with Crippen molar-refractivity contribution in [1.29, 1.82) is 0 Å². The molecular weight excluding hydrogens is 543 g/mol. The predicted molar refractivity (Wildman–Crippen MR) is 123 cm³/mol. The lowest BCUT2D eigenvalue weighted by molar-refractivity contribution is -0.173. The van der Waals surface area contributed by atoms with E-state index in [0.717, 1.165) is 5.56 Å². The fourth-order valence-corrected chi connectivity index (χ4v) is 2.25. The van der Waals surface area contributed by atoms with E-state index in [4.69, 9.17) is 0 Å². The summed E-state index contributed by atoms with van der Waals surface area (Å²) in [6.07, 6.45) is 0. The molecule has 9 heteroatoms. The van der Waals surface area contributed by atoms with Crippen LogP contribution in [0.1, 0.15) is 37.5 Å². The summed E-state index contributed by atoms with van der Waals surface area (Å²) in [4.78, 5) is 21.1. The van der Waals surface area contributed by atoms with Gasteiger partial charge < -0.3 is 9.47 Å². The molecule has 0 fully saturated rings. The van der Waals surface area contributed by atoms with Crippen molar-refractivity contribution in [1.82, 2.24) is 0 Å². The van der Waals surface area contributed by atoms with Crippen molar-refractivity contribution in [3.8, 4) is 0 Å². The molecule has 2 aromatic carbocycles. The Morgan fingerprint density at radius 1 is 0.781 bits per heavy atom. The van der Waals surface area contributed by atoms with E-state index in [-0.39, 0.29) is 18.8 Å². The second-order valence-electron chi connectivity index (χ2n) is 6.57. The highest BCUT2D eigenvalue weighted by molar-refractivity contribution is 14.1. The second-order valence-corrected chi connectivity index (χ2v) is 7.81. The molecule has 0 aliphatic heterocycles. The normalized spacial score (nSPS) is 10.7. The quantitative estimate of drug-likeness (QED) is 0.236. The highest BCUT2D eigenvalue weighted by Gasteiger charge is 2.42. The van der Waals surface area contributed by atoms with Gasteiger partial charge in [0, 0.05) is 16.1 Å². The summed E-state index contributed by atoms with van der Waals surface area (Å²) in [6, 6.07) is 14.0. The molecule has 0 aliphatic rings. The molecule has 0 unspecified atom stereocenters. The van der Waals surface area contributed by atoms with Gasteiger partial charge in [0.15, 0.2) is 0 Å². The molecule has 0 amide bonds. The number of ether oxygens (including phenoxy) is 2. The molecule has 0 atom stereocenters. The van der Waals surface area contributed by atoms with Gasteiger partial charge >= 0.3 is 23.8 Å². The summed E-state index contributed by atoms with van der Waals surface area (Å²) in [5, 5.41) is 0. The molecule has 0 bridgehead atoms. The Kier molecular flexibility index (Phi) is 13.1. The summed E-state index contributed by atoms with van der Waals surface area (Å²) in [7, 11) is 0. The van der Waals surface area contributed by atoms with Gasteiger partial charge in [-0.3, -0.25) is 0 Å². The van der Waals surface area contributed by atoms with E-state index < -0.39 is 23.8 Å². The van der Waals surface area contributed by atoms with Crippen LogP contribution in [0.15, 0.2) is 48.5 Å². The van der Waals surface area contributed by atoms with Gasteiger partial charge in [-0.05, 0) is 62.4 Å². The van der Waals surface area contributed by atoms with Gasteiger partial charge in [-0.25, -0.2) is 9.59 Å². The molecule has 2 aromatic rings. The van der Waals surface area contributed by atoms with Crippen molar-refractivity contribution in [2.75, 3.05) is 13.2 Å². The fourth-order valence-electron chi connectivity index (χ4n) is 1.89. The Morgan fingerprint density at radius 3 is 1.47 bits per heavy atom. The molecule has 0 N–H and O–H groups in total. The first kappa shape index (κ1) is 29.8. The lowest BCUT2D eigenvalue weighted by Gasteiger charge is -2.14. The zero-order valence-electron chi connectivity index (χ0n) is 18.6. The van der Waals surface area contributed by atoms with E-state index in [1.807, 2.05) is 0 Å². The van der Waals surface area contributed by atoms with E-state index in [1.165, 1.54) is 47.2 Å². The van der Waals surface area contributed by atoms with Crippen molar-refractivity contribution in [3.63, 3.8) is 0 Å². The van der Waals surface area contributed by atoms with Crippen LogP contribution >= 0.6 is 22.6 Å². The number of alkyl halides is 4. The van der Waals surface area contributed by atoms with Crippen molar-refractivity contribution in [3.05, 3.63) is 68.8 Å². The molecule has 178 valence electrons. The number of carbonyl (C=O) groups is 2. The summed E-state index contributed by atoms with van der Waals surface area (Å²) in [6.45, 7) is 7.28. The average molecular weight is 570 g/mol. The average Bonchev–Trinajstić information content (AvgIpc) is 2.71. The standard InChI is InChI=1S/C11H12F2O2.C7H7I.C5H8F2O2/c1-3-15-10(14)11(12,13)9-6-4-8(2)5-7-9;1-6-2-4-7(8)5-3-6;1-3-9-4(8)5(2,6)7/h4-7H,3H2,1-2H3;2-5H,1H3;3H2,1-2H3. The Bertz CT molecular complexity index is 812. The van der Waals surface area contributed by atoms with Gasteiger partial charge in [0.2, 0.25) is 0 Å². The number of halogens is 5. The third-order valence-electron chi connectivity index (χ3n) is 3.59. The second kappa shape index (κ2) is 14.1. The van der Waals surface area contributed by atoms with Crippen molar-refractivity contribution in [2.45, 2.75) is 46.5 Å². The van der Waals surface area contributed by atoms with Crippen LogP contribution in [0.5, 0.6) is 0 Å². The minimum Gasteiger partial charge on any atom is -0.462 e. The molecule has 2 rings (SSSR count). The van der Waals surface area contributed by atoms with E-state index >= 15 is 0 Å². The van der Waals surface area contributed by atoms with Crippen LogP contribution in [0.2, 0.25) is 0 Å². The highest BCUT2D eigenvalue weighted by atomic mass is 127. The Morgan fingerprint density at radius 2 is 1.16 bits per heavy atom. The smallest absolute Gasteiger partial charge is 0.381 e. The lowest BCUT2D eigenvalue weighted by atomic mass is 10.1. The van der Waals surface area contributed by atoms with Gasteiger partial charge in [-0.1, -0.05) is 47.5 Å². The molecule has 0 spiro atoms. The molecule has 0 saturated carbocycles. The molecular formula is C23H27F4IO4. The van der Waals surface area contributed by atoms with Crippen LogP contribution in [0, 0.1) is 17.4 Å². The SMILES string of the molecule is CCOC(=O)C(C)(F)F.CCOC(=O)C(F)(F)c1ccc(C)cc1.Cc1ccc(I)cc1. The largest absolute Gasteiger partial charge is 0.462 e. The number of esters is 2. The molecule has 32 heavy (non-hydrogen) atoms. The van der Waals surface area contributed by atoms with Crippen molar-refractivity contribution in [2.24, 2.45) is 0 Å². The first-order valence-electron chi connectivity index (χ1n) is 9.65. The topological polar surface area (TPSA) is 52.6 Å². The van der Waals surface area contributed by atoms with Gasteiger partial charge in [-0.2, -0.15) is 17.6 Å². The first-order valence-corrected chi connectivity index (χ1v) is 10.7. The van der Waals surface area contributed by atoms with Crippen LogP contribution in [-0.4, -0.2) is 31.1 Å². The molecule has 4 nitrogen and oxygen atoms in total. The van der Waals surface area contributed by atoms with Crippen LogP contribution < -0.4 is 0 Å². The number of aryl methyl sites for hydroxylation is 2. The molecule has 0 aromatic heterocycles. The van der Waals surface area contributed by atoms with Crippen molar-refractivity contribution < 1.29 is 36.6 Å². The van der Waals surface area contributed by atoms with Gasteiger partial charge in [0.25, 0.3) is 0 Å². The number of benzene rings is 2. The van der Waals surface area contributed by atoms with Crippen LogP contribution in [-0.2, 0) is 25.0 Å². The Balaban J connectivity index is 0.000000485. The summed E-state index contributed by atoms with van der Waals surface area (Å²) in [5.41, 5.74) is 1.84. The summed E-state index contributed by atoms with van der Waals surface area (Å²) in [5.74, 6) is -9.89. The third kappa shape index (κ3) is 11.4. The van der Waals surface area contributed by atoms with E-state index in [2.05, 4.69) is 63.3 Å². The maximum Gasteiger partial charge on any atom is 0.381 e. The molecule has 0 heterocycles. The maximum atomic E-state index is 13.4. The van der Waals surface area contributed by atoms with E-state index in [1.54, 1.807) is 6.92 Å². The number of hydrogen-bond donors (Lipinski definition) is 0. The molecule has 0 radical (unpaired) electrons. The Hall–Kier alpha value is -2.17. The number of hydrogen-bond acceptors (Lipinski definition) is 4. The zero-order chi connectivity index (χ0) is 24.9. The summed E-state index contributed by atoms with van der Waals surface area (Å²) >= 11 is 2.30. The first-order chi connectivity index (χ1) is 14.7. The number of carbonyl (C=O) groups excluding carboxylic acids is 2. The third-order valence-corrected chi connectivity index (χ3v) is 4.31. The fraction of sp³-hybridized carbons (Fsp3) is 0.391. The van der Waals surface area contributed by atoms with Gasteiger partial charge in [0.05, 0.1) is 13.2 Å². The minimum absolute atomic E-state index is 0.0116. The monoisotopic (exact) mass is 570 g/mol. The van der Waals surface area contributed by atoms with Gasteiger partial charge in [-0.15, -0.1) is 0 Å². The van der Waals surface area contributed by atoms with Crippen LogP contribution in [0.4, 0.5) is 17.6 Å². The molecule has 0 aliphatic carbocycles. The molecule has 0 saturated heterocycles. The van der Waals surface area contributed by atoms with E-state index in [9.17, 15) is 27.2 Å². The predicted octanol–water partition coefficient (Wildman–Crippen LogP) is 6.45. The minimum atomic E-state index is -3.57. The van der Waals surface area contributed by atoms with Crippen LogP contribution in [0.3, 0.4) is 0 Å². The van der Waals surface area contributed by atoms with Gasteiger partial charge in [0.1, 0.15) is 0 Å². The highest BCUT2D eigenvalue weighted by Crippen LogP contribution is 2.29. The van der Waals surface area contributed by atoms with Crippen molar-refractivity contribution >= 4 is 34.5 Å². The maximum absolute atomic E-state index is 13.4. The lowest BCUT2D eigenvalue weighted by Crippen LogP contribution is -2.28. The number of rotatable bonds is 5. The Labute approximate surface area is 199 Å². The van der Waals surface area contributed by atoms with Crippen LogP contribution in [0.25, 0.3) is 0 Å². The zero-order valence-corrected chi connectivity index (χ0v) is 20.7. The summed E-state index contributed by atoms with van der Waals surface area (Å²) < 4.78 is 60.1.